The van der Waals surface area contributed by atoms with Crippen LogP contribution in [0, 0.1) is 10.1 Å². The molecule has 30 heavy (non-hydrogen) atoms. The van der Waals surface area contributed by atoms with Crippen LogP contribution < -0.4 is 21.7 Å². The third-order valence-electron chi connectivity index (χ3n) is 3.58. The monoisotopic (exact) mass is 428 g/mol. The van der Waals surface area contributed by atoms with Crippen molar-refractivity contribution in [1.82, 2.24) is 25.8 Å². The summed E-state index contributed by atoms with van der Waals surface area (Å²) in [5.74, 6) is -1.84. The molecular formula is C17H13ClN8O4. The molecule has 3 aromatic rings. The fourth-order valence-electron chi connectivity index (χ4n) is 2.23. The summed E-state index contributed by atoms with van der Waals surface area (Å²) in [6, 6.07) is 10.8. The first kappa shape index (κ1) is 20.4. The highest BCUT2D eigenvalue weighted by atomic mass is 35.5. The number of nitrogens with one attached hydrogen (secondary N) is 4. The summed E-state index contributed by atoms with van der Waals surface area (Å²) in [6.07, 6.45) is 2.43. The molecule has 0 saturated heterocycles. The minimum absolute atomic E-state index is 0.0915. The van der Waals surface area contributed by atoms with Gasteiger partial charge in [0.25, 0.3) is 11.8 Å². The lowest BCUT2D eigenvalue weighted by atomic mass is 10.2. The summed E-state index contributed by atoms with van der Waals surface area (Å²) in [4.78, 5) is 46.3. The molecule has 2 heterocycles. The molecule has 0 bridgehead atoms. The number of benzene rings is 1. The zero-order valence-electron chi connectivity index (χ0n) is 15.0. The maximum Gasteiger partial charge on any atom is 0.356 e. The molecule has 2 amide bonds. The molecule has 0 unspecified atom stereocenters. The smallest absolute Gasteiger partial charge is 0.276 e. The predicted molar refractivity (Wildman–Crippen MR) is 107 cm³/mol. The number of nitrogens with zero attached hydrogens (tertiary/aromatic N) is 4. The van der Waals surface area contributed by atoms with Crippen molar-refractivity contribution in [2.75, 3.05) is 10.9 Å². The first-order valence-corrected chi connectivity index (χ1v) is 8.62. The van der Waals surface area contributed by atoms with Gasteiger partial charge in [-0.25, -0.2) is 9.97 Å². The van der Waals surface area contributed by atoms with Crippen molar-refractivity contribution >= 4 is 40.7 Å². The van der Waals surface area contributed by atoms with Gasteiger partial charge in [0.15, 0.2) is 0 Å². The van der Waals surface area contributed by atoms with Crippen LogP contribution in [0.3, 0.4) is 0 Å². The number of anilines is 2. The minimum atomic E-state index is -0.775. The second-order valence-electron chi connectivity index (χ2n) is 5.56. The normalized spacial score (nSPS) is 10.0. The Morgan fingerprint density at radius 3 is 2.23 bits per heavy atom. The molecule has 3 rings (SSSR count). The summed E-state index contributed by atoms with van der Waals surface area (Å²) in [5.41, 5.74) is 8.99. The molecule has 1 aromatic carbocycles. The lowest BCUT2D eigenvalue weighted by Crippen LogP contribution is -2.32. The van der Waals surface area contributed by atoms with Crippen LogP contribution in [0.25, 0.3) is 0 Å². The van der Waals surface area contributed by atoms with Gasteiger partial charge >= 0.3 is 5.69 Å². The maximum absolute atomic E-state index is 12.2. The van der Waals surface area contributed by atoms with Crippen LogP contribution in [0.5, 0.6) is 0 Å². The molecule has 0 aliphatic rings. The van der Waals surface area contributed by atoms with Crippen molar-refractivity contribution in [3.63, 3.8) is 0 Å². The van der Waals surface area contributed by atoms with E-state index in [-0.39, 0.29) is 22.9 Å². The molecule has 152 valence electrons. The van der Waals surface area contributed by atoms with Crippen LogP contribution in [-0.4, -0.2) is 31.7 Å². The number of pyridine rings is 1. The van der Waals surface area contributed by atoms with Gasteiger partial charge < -0.3 is 0 Å². The van der Waals surface area contributed by atoms with E-state index in [0.29, 0.717) is 5.02 Å². The van der Waals surface area contributed by atoms with E-state index in [2.05, 4.69) is 36.7 Å². The summed E-state index contributed by atoms with van der Waals surface area (Å²) in [6.45, 7) is 0. The molecular weight excluding hydrogens is 416 g/mol. The number of halogens is 1. The summed E-state index contributed by atoms with van der Waals surface area (Å²) in [5, 5.41) is 11.9. The molecule has 4 N–H and O–H groups in total. The molecule has 12 nitrogen and oxygen atoms in total. The Labute approximate surface area is 173 Å². The third-order valence-corrected chi connectivity index (χ3v) is 3.81. The van der Waals surface area contributed by atoms with E-state index in [1.807, 2.05) is 0 Å². The van der Waals surface area contributed by atoms with Gasteiger partial charge in [-0.1, -0.05) is 23.7 Å². The van der Waals surface area contributed by atoms with E-state index in [4.69, 9.17) is 11.6 Å². The van der Waals surface area contributed by atoms with Crippen LogP contribution in [-0.2, 0) is 0 Å². The standard InChI is InChI=1S/C17H13ClN8O4/c18-11-5-3-4-10(8-11)16(27)24-22-14-13(26(29)30)15(21-9-20-14)23-25-17(28)12-6-1-2-7-19-12/h1-9H,(H,24,27)(H,25,28)(H2,20,21,22,23). The first-order chi connectivity index (χ1) is 14.5. The van der Waals surface area contributed by atoms with Crippen molar-refractivity contribution < 1.29 is 14.5 Å². The molecule has 0 saturated carbocycles. The van der Waals surface area contributed by atoms with Gasteiger partial charge in [-0.3, -0.25) is 46.4 Å². The second kappa shape index (κ2) is 9.25. The number of carbonyl (C=O) groups is 2. The lowest BCUT2D eigenvalue weighted by molar-refractivity contribution is -0.383. The zero-order valence-corrected chi connectivity index (χ0v) is 15.8. The average Bonchev–Trinajstić information content (AvgIpc) is 2.76. The Kier molecular flexibility index (Phi) is 6.29. The molecule has 2 aromatic heterocycles. The Hall–Kier alpha value is -4.32. The van der Waals surface area contributed by atoms with Crippen LogP contribution in [0.1, 0.15) is 20.8 Å². The number of hydrogen-bond donors (Lipinski definition) is 4. The highest BCUT2D eigenvalue weighted by molar-refractivity contribution is 6.30. The number of rotatable bonds is 7. The van der Waals surface area contributed by atoms with Gasteiger partial charge in [0.1, 0.15) is 12.0 Å². The number of aromatic nitrogens is 3. The Morgan fingerprint density at radius 2 is 1.63 bits per heavy atom. The van der Waals surface area contributed by atoms with Gasteiger partial charge in [0.05, 0.1) is 4.92 Å². The van der Waals surface area contributed by atoms with Crippen molar-refractivity contribution in [3.8, 4) is 0 Å². The fraction of sp³-hybridized carbons (Fsp3) is 0. The molecule has 0 atom stereocenters. The number of amides is 2. The quantitative estimate of drug-likeness (QED) is 0.325. The number of hydrazine groups is 2. The number of hydrogen-bond acceptors (Lipinski definition) is 9. The molecule has 13 heteroatoms. The molecule has 0 fully saturated rings. The van der Waals surface area contributed by atoms with Crippen LogP contribution in [0.4, 0.5) is 17.3 Å². The first-order valence-electron chi connectivity index (χ1n) is 8.24. The molecule has 0 spiro atoms. The van der Waals surface area contributed by atoms with E-state index in [9.17, 15) is 19.7 Å². The van der Waals surface area contributed by atoms with E-state index < -0.39 is 22.4 Å². The Morgan fingerprint density at radius 1 is 0.933 bits per heavy atom. The topological polar surface area (TPSA) is 164 Å². The van der Waals surface area contributed by atoms with E-state index >= 15 is 0 Å². The van der Waals surface area contributed by atoms with Crippen molar-refractivity contribution in [3.05, 3.63) is 81.4 Å². The Bertz CT molecular complexity index is 1100. The Balaban J connectivity index is 1.73. The number of nitro groups is 1. The van der Waals surface area contributed by atoms with E-state index in [0.717, 1.165) is 6.33 Å². The molecule has 0 aliphatic heterocycles. The van der Waals surface area contributed by atoms with Gasteiger partial charge in [0, 0.05) is 16.8 Å². The summed E-state index contributed by atoms with van der Waals surface area (Å²) in [7, 11) is 0. The van der Waals surface area contributed by atoms with Crippen molar-refractivity contribution in [2.24, 2.45) is 0 Å². The highest BCUT2D eigenvalue weighted by Gasteiger charge is 2.24. The van der Waals surface area contributed by atoms with Crippen LogP contribution >= 0.6 is 11.6 Å². The SMILES string of the molecule is O=C(NNc1ncnc(NNC(=O)c2ccccn2)c1[N+](=O)[O-])c1cccc(Cl)c1. The van der Waals surface area contributed by atoms with Gasteiger partial charge in [-0.15, -0.1) is 0 Å². The van der Waals surface area contributed by atoms with E-state index in [1.54, 1.807) is 24.3 Å². The largest absolute Gasteiger partial charge is 0.356 e. The van der Waals surface area contributed by atoms with Crippen molar-refractivity contribution in [2.45, 2.75) is 0 Å². The van der Waals surface area contributed by atoms with Gasteiger partial charge in [0.2, 0.25) is 11.6 Å². The predicted octanol–water partition coefficient (Wildman–Crippen LogP) is 1.95. The van der Waals surface area contributed by atoms with Crippen molar-refractivity contribution in [1.29, 1.82) is 0 Å². The highest BCUT2D eigenvalue weighted by Crippen LogP contribution is 2.27. The van der Waals surface area contributed by atoms with Crippen LogP contribution in [0.15, 0.2) is 55.0 Å². The maximum atomic E-state index is 12.2. The average molecular weight is 429 g/mol. The zero-order chi connectivity index (χ0) is 21.5. The molecule has 0 radical (unpaired) electrons. The lowest BCUT2D eigenvalue weighted by Gasteiger charge is -2.11. The van der Waals surface area contributed by atoms with Gasteiger partial charge in [-0.2, -0.15) is 0 Å². The third kappa shape index (κ3) is 4.94. The van der Waals surface area contributed by atoms with E-state index in [1.165, 1.54) is 24.4 Å². The fourth-order valence-corrected chi connectivity index (χ4v) is 2.42. The summed E-state index contributed by atoms with van der Waals surface area (Å²) >= 11 is 5.84. The van der Waals surface area contributed by atoms with Crippen LogP contribution in [0.2, 0.25) is 5.02 Å². The number of carbonyl (C=O) groups excluding carboxylic acids is 2. The second-order valence-corrected chi connectivity index (χ2v) is 6.00. The summed E-state index contributed by atoms with van der Waals surface area (Å²) < 4.78 is 0. The van der Waals surface area contributed by atoms with Gasteiger partial charge in [-0.05, 0) is 30.3 Å². The molecule has 0 aliphatic carbocycles. The minimum Gasteiger partial charge on any atom is -0.276 e.